The Morgan fingerprint density at radius 1 is 1.07 bits per heavy atom. The summed E-state index contributed by atoms with van der Waals surface area (Å²) in [4.78, 5) is 17.0. The van der Waals surface area contributed by atoms with Gasteiger partial charge in [-0.25, -0.2) is 0 Å². The van der Waals surface area contributed by atoms with Gasteiger partial charge in [-0.15, -0.1) is 10.2 Å². The first-order valence-electron chi connectivity index (χ1n) is 9.20. The van der Waals surface area contributed by atoms with Gasteiger partial charge in [-0.05, 0) is 30.3 Å². The van der Waals surface area contributed by atoms with E-state index >= 15 is 0 Å². The van der Waals surface area contributed by atoms with E-state index in [1.807, 2.05) is 29.2 Å². The lowest BCUT2D eigenvalue weighted by Crippen LogP contribution is -2.48. The van der Waals surface area contributed by atoms with Gasteiger partial charge in [0.15, 0.2) is 5.65 Å². The quantitative estimate of drug-likeness (QED) is 0.670. The topological polar surface area (TPSA) is 72.2 Å². The minimum absolute atomic E-state index is 0.0363. The van der Waals surface area contributed by atoms with Crippen LogP contribution in [0.4, 0.5) is 0 Å². The third-order valence-corrected chi connectivity index (χ3v) is 5.08. The van der Waals surface area contributed by atoms with Gasteiger partial charge in [0.05, 0.1) is 19.8 Å². The Bertz CT molecular complexity index is 979. The molecule has 0 atom stereocenters. The van der Waals surface area contributed by atoms with Gasteiger partial charge >= 0.3 is 0 Å². The number of benzene rings is 1. The van der Waals surface area contributed by atoms with Gasteiger partial charge in [-0.1, -0.05) is 0 Å². The molecule has 3 heterocycles. The molecule has 0 saturated carbocycles. The van der Waals surface area contributed by atoms with E-state index < -0.39 is 0 Å². The Labute approximate surface area is 163 Å². The summed E-state index contributed by atoms with van der Waals surface area (Å²) in [5, 5.41) is 7.82. The van der Waals surface area contributed by atoms with E-state index in [4.69, 9.17) is 9.47 Å². The second kappa shape index (κ2) is 7.85. The molecule has 1 aliphatic heterocycles. The smallest absolute Gasteiger partial charge is 0.255 e. The van der Waals surface area contributed by atoms with Gasteiger partial charge < -0.3 is 14.4 Å². The number of methoxy groups -OCH3 is 2. The van der Waals surface area contributed by atoms with Crippen molar-refractivity contribution in [2.24, 2.45) is 0 Å². The van der Waals surface area contributed by atoms with Crippen molar-refractivity contribution in [3.05, 3.63) is 54.0 Å². The SMILES string of the molecule is COc1ccc(OC)c(CN2CCN(C(=O)c3ccc4nncn4c3)CC2)c1. The Morgan fingerprint density at radius 2 is 1.89 bits per heavy atom. The van der Waals surface area contributed by atoms with Crippen LogP contribution < -0.4 is 9.47 Å². The Kier molecular flexibility index (Phi) is 5.12. The first kappa shape index (κ1) is 18.2. The van der Waals surface area contributed by atoms with Gasteiger partial charge in [0.1, 0.15) is 17.8 Å². The third-order valence-electron chi connectivity index (χ3n) is 5.08. The average Bonchev–Trinajstić information content (AvgIpc) is 3.21. The highest BCUT2D eigenvalue weighted by molar-refractivity contribution is 5.94. The van der Waals surface area contributed by atoms with Crippen LogP contribution in [0, 0.1) is 0 Å². The molecule has 1 fully saturated rings. The van der Waals surface area contributed by atoms with Crippen molar-refractivity contribution in [3.8, 4) is 11.5 Å². The lowest BCUT2D eigenvalue weighted by Gasteiger charge is -2.35. The van der Waals surface area contributed by atoms with Gasteiger partial charge in [0.25, 0.3) is 5.91 Å². The summed E-state index contributed by atoms with van der Waals surface area (Å²) in [6.07, 6.45) is 3.39. The largest absolute Gasteiger partial charge is 0.497 e. The first-order chi connectivity index (χ1) is 13.7. The summed E-state index contributed by atoms with van der Waals surface area (Å²) in [5.41, 5.74) is 2.46. The molecular weight excluding hydrogens is 358 g/mol. The molecule has 8 heteroatoms. The molecule has 0 aliphatic carbocycles. The average molecular weight is 381 g/mol. The predicted octanol–water partition coefficient (Wildman–Crippen LogP) is 1.70. The second-order valence-corrected chi connectivity index (χ2v) is 6.76. The van der Waals surface area contributed by atoms with Crippen LogP contribution in [0.5, 0.6) is 11.5 Å². The van der Waals surface area contributed by atoms with Crippen molar-refractivity contribution in [1.82, 2.24) is 24.4 Å². The zero-order chi connectivity index (χ0) is 19.5. The van der Waals surface area contributed by atoms with Crippen LogP contribution in [0.3, 0.4) is 0 Å². The van der Waals surface area contributed by atoms with Crippen LogP contribution in [-0.2, 0) is 6.54 Å². The standard InChI is InChI=1S/C20H23N5O3/c1-27-17-4-5-18(28-2)16(11-17)12-23-7-9-24(10-8-23)20(26)15-3-6-19-22-21-14-25(19)13-15/h3-6,11,13-14H,7-10,12H2,1-2H3. The molecule has 1 aromatic carbocycles. The van der Waals surface area contributed by atoms with Crippen molar-refractivity contribution in [1.29, 1.82) is 0 Å². The van der Waals surface area contributed by atoms with Gasteiger partial charge in [-0.3, -0.25) is 14.1 Å². The molecule has 1 amide bonds. The summed E-state index contributed by atoms with van der Waals surface area (Å²) in [6, 6.07) is 9.44. The molecular formula is C20H23N5O3. The summed E-state index contributed by atoms with van der Waals surface area (Å²) in [5.74, 6) is 1.70. The maximum Gasteiger partial charge on any atom is 0.255 e. The van der Waals surface area contributed by atoms with Crippen LogP contribution in [0.2, 0.25) is 0 Å². The van der Waals surface area contributed by atoms with Crippen molar-refractivity contribution >= 4 is 11.6 Å². The van der Waals surface area contributed by atoms with E-state index in [9.17, 15) is 4.79 Å². The van der Waals surface area contributed by atoms with Crippen LogP contribution in [0.15, 0.2) is 42.9 Å². The van der Waals surface area contributed by atoms with Crippen molar-refractivity contribution in [2.45, 2.75) is 6.54 Å². The monoisotopic (exact) mass is 381 g/mol. The maximum absolute atomic E-state index is 12.8. The van der Waals surface area contributed by atoms with E-state index in [0.717, 1.165) is 42.3 Å². The number of hydrogen-bond donors (Lipinski definition) is 0. The zero-order valence-corrected chi connectivity index (χ0v) is 16.0. The van der Waals surface area contributed by atoms with Crippen LogP contribution >= 0.6 is 0 Å². The molecule has 3 aromatic rings. The molecule has 146 valence electrons. The minimum Gasteiger partial charge on any atom is -0.497 e. The second-order valence-electron chi connectivity index (χ2n) is 6.76. The van der Waals surface area contributed by atoms with Crippen molar-refractivity contribution < 1.29 is 14.3 Å². The number of carbonyl (C=O) groups is 1. The Balaban J connectivity index is 1.40. The number of carbonyl (C=O) groups excluding carboxylic acids is 1. The normalized spacial score (nSPS) is 15.0. The molecule has 1 aliphatic rings. The molecule has 0 N–H and O–H groups in total. The molecule has 0 spiro atoms. The minimum atomic E-state index is 0.0363. The molecule has 1 saturated heterocycles. The lowest BCUT2D eigenvalue weighted by molar-refractivity contribution is 0.0627. The highest BCUT2D eigenvalue weighted by atomic mass is 16.5. The molecule has 8 nitrogen and oxygen atoms in total. The highest BCUT2D eigenvalue weighted by Gasteiger charge is 2.23. The summed E-state index contributed by atoms with van der Waals surface area (Å²) in [6.45, 7) is 3.74. The summed E-state index contributed by atoms with van der Waals surface area (Å²) < 4.78 is 12.6. The van der Waals surface area contributed by atoms with Crippen LogP contribution in [0.25, 0.3) is 5.65 Å². The van der Waals surface area contributed by atoms with E-state index in [0.29, 0.717) is 18.7 Å². The van der Waals surface area contributed by atoms with Gasteiger partial charge in [0, 0.05) is 44.5 Å². The van der Waals surface area contributed by atoms with Crippen molar-refractivity contribution in [2.75, 3.05) is 40.4 Å². The highest BCUT2D eigenvalue weighted by Crippen LogP contribution is 2.25. The molecule has 28 heavy (non-hydrogen) atoms. The maximum atomic E-state index is 12.8. The molecule has 0 unspecified atom stereocenters. The molecule has 2 aromatic heterocycles. The van der Waals surface area contributed by atoms with Gasteiger partial charge in [0.2, 0.25) is 0 Å². The predicted molar refractivity (Wildman–Crippen MR) is 104 cm³/mol. The lowest BCUT2D eigenvalue weighted by atomic mass is 10.1. The zero-order valence-electron chi connectivity index (χ0n) is 16.0. The number of pyridine rings is 1. The Morgan fingerprint density at radius 3 is 2.64 bits per heavy atom. The van der Waals surface area contributed by atoms with E-state index in [2.05, 4.69) is 15.1 Å². The third kappa shape index (κ3) is 3.63. The number of ether oxygens (including phenoxy) is 2. The first-order valence-corrected chi connectivity index (χ1v) is 9.20. The van der Waals surface area contributed by atoms with E-state index in [-0.39, 0.29) is 5.91 Å². The molecule has 0 bridgehead atoms. The van der Waals surface area contributed by atoms with Gasteiger partial charge in [-0.2, -0.15) is 0 Å². The fraction of sp³-hybridized carbons (Fsp3) is 0.350. The number of hydrogen-bond acceptors (Lipinski definition) is 6. The number of rotatable bonds is 5. The molecule has 0 radical (unpaired) electrons. The van der Waals surface area contributed by atoms with Crippen LogP contribution in [0.1, 0.15) is 15.9 Å². The molecule has 4 rings (SSSR count). The number of fused-ring (bicyclic) bond motifs is 1. The number of nitrogens with zero attached hydrogens (tertiary/aromatic N) is 5. The number of aromatic nitrogens is 3. The fourth-order valence-corrected chi connectivity index (χ4v) is 3.49. The van der Waals surface area contributed by atoms with E-state index in [1.54, 1.807) is 37.2 Å². The fourth-order valence-electron chi connectivity index (χ4n) is 3.49. The summed E-state index contributed by atoms with van der Waals surface area (Å²) in [7, 11) is 3.34. The van der Waals surface area contributed by atoms with Crippen molar-refractivity contribution in [3.63, 3.8) is 0 Å². The van der Waals surface area contributed by atoms with E-state index in [1.165, 1.54) is 0 Å². The number of amides is 1. The number of piperazine rings is 1. The van der Waals surface area contributed by atoms with Crippen LogP contribution in [-0.4, -0.2) is 70.7 Å². The Hall–Kier alpha value is -3.13. The summed E-state index contributed by atoms with van der Waals surface area (Å²) >= 11 is 0.